The summed E-state index contributed by atoms with van der Waals surface area (Å²) in [6.07, 6.45) is 3.16. The minimum Gasteiger partial charge on any atom is -0.294 e. The number of rotatable bonds is 3. The standard InChI is InChI=1S/C14H18OS/c1-11-2-4-13(5-3-11)14(15)10-12-6-8-16-9-7-12/h2-5,12H,6-10H2,1H3. The van der Waals surface area contributed by atoms with Gasteiger partial charge in [0.1, 0.15) is 0 Å². The first-order valence-corrected chi connectivity index (χ1v) is 7.09. The summed E-state index contributed by atoms with van der Waals surface area (Å²) in [7, 11) is 0. The van der Waals surface area contributed by atoms with Crippen molar-refractivity contribution in [3.05, 3.63) is 35.4 Å². The highest BCUT2D eigenvalue weighted by atomic mass is 32.2. The molecule has 0 aliphatic carbocycles. The fourth-order valence-electron chi connectivity index (χ4n) is 2.07. The SMILES string of the molecule is Cc1ccc(C(=O)CC2CCSCC2)cc1. The molecule has 1 nitrogen and oxygen atoms in total. The van der Waals surface area contributed by atoms with E-state index < -0.39 is 0 Å². The third-order valence-corrected chi connectivity index (χ3v) is 4.24. The molecule has 1 heterocycles. The Morgan fingerprint density at radius 3 is 2.50 bits per heavy atom. The average Bonchev–Trinajstić information content (AvgIpc) is 2.31. The summed E-state index contributed by atoms with van der Waals surface area (Å²) in [5, 5.41) is 0. The third-order valence-electron chi connectivity index (χ3n) is 3.19. The second kappa shape index (κ2) is 5.53. The van der Waals surface area contributed by atoms with Gasteiger partial charge in [0.15, 0.2) is 5.78 Å². The van der Waals surface area contributed by atoms with Gasteiger partial charge in [-0.2, -0.15) is 11.8 Å². The lowest BCUT2D eigenvalue weighted by molar-refractivity contribution is 0.0958. The summed E-state index contributed by atoms with van der Waals surface area (Å²) in [6.45, 7) is 2.05. The van der Waals surface area contributed by atoms with Gasteiger partial charge in [0.2, 0.25) is 0 Å². The van der Waals surface area contributed by atoms with Crippen LogP contribution in [0, 0.1) is 12.8 Å². The van der Waals surface area contributed by atoms with Crippen LogP contribution in [0.5, 0.6) is 0 Å². The molecule has 1 fully saturated rings. The molecule has 2 rings (SSSR count). The maximum absolute atomic E-state index is 12.0. The molecule has 1 aliphatic rings. The Morgan fingerprint density at radius 1 is 1.25 bits per heavy atom. The van der Waals surface area contributed by atoms with Crippen molar-refractivity contribution >= 4 is 17.5 Å². The summed E-state index contributed by atoms with van der Waals surface area (Å²) in [5.41, 5.74) is 2.09. The first kappa shape index (κ1) is 11.7. The number of benzene rings is 1. The molecule has 0 aromatic heterocycles. The zero-order valence-corrected chi connectivity index (χ0v) is 10.6. The van der Waals surface area contributed by atoms with E-state index in [4.69, 9.17) is 0 Å². The molecule has 0 saturated carbocycles. The summed E-state index contributed by atoms with van der Waals surface area (Å²) in [4.78, 5) is 12.0. The molecule has 0 bridgehead atoms. The monoisotopic (exact) mass is 234 g/mol. The quantitative estimate of drug-likeness (QED) is 0.742. The van der Waals surface area contributed by atoms with Crippen LogP contribution in [0.4, 0.5) is 0 Å². The number of carbonyl (C=O) groups is 1. The zero-order valence-electron chi connectivity index (χ0n) is 9.74. The molecule has 1 aliphatic heterocycles. The minimum atomic E-state index is 0.317. The Labute approximate surface area is 102 Å². The molecule has 0 amide bonds. The molecular weight excluding hydrogens is 216 g/mol. The molecule has 0 spiro atoms. The number of hydrogen-bond donors (Lipinski definition) is 0. The van der Waals surface area contributed by atoms with E-state index in [1.807, 2.05) is 43.0 Å². The van der Waals surface area contributed by atoms with Gasteiger partial charge in [0.05, 0.1) is 0 Å². The Kier molecular flexibility index (Phi) is 4.05. The van der Waals surface area contributed by atoms with Crippen LogP contribution in [0.15, 0.2) is 24.3 Å². The van der Waals surface area contributed by atoms with Gasteiger partial charge >= 0.3 is 0 Å². The molecule has 0 unspecified atom stereocenters. The van der Waals surface area contributed by atoms with Gasteiger partial charge in [-0.25, -0.2) is 0 Å². The fourth-order valence-corrected chi connectivity index (χ4v) is 3.27. The summed E-state index contributed by atoms with van der Waals surface area (Å²) < 4.78 is 0. The molecule has 1 saturated heterocycles. The van der Waals surface area contributed by atoms with E-state index in [-0.39, 0.29) is 0 Å². The highest BCUT2D eigenvalue weighted by Gasteiger charge is 2.17. The van der Waals surface area contributed by atoms with E-state index in [1.165, 1.54) is 29.9 Å². The van der Waals surface area contributed by atoms with Crippen molar-refractivity contribution in [2.24, 2.45) is 5.92 Å². The molecule has 16 heavy (non-hydrogen) atoms. The molecule has 0 radical (unpaired) electrons. The Balaban J connectivity index is 1.94. The molecule has 0 atom stereocenters. The average molecular weight is 234 g/mol. The summed E-state index contributed by atoms with van der Waals surface area (Å²) in [6, 6.07) is 7.94. The molecule has 1 aromatic carbocycles. The predicted octanol–water partition coefficient (Wildman–Crippen LogP) is 3.71. The van der Waals surface area contributed by atoms with Crippen LogP contribution in [-0.2, 0) is 0 Å². The maximum atomic E-state index is 12.0. The van der Waals surface area contributed by atoms with Crippen molar-refractivity contribution in [3.8, 4) is 0 Å². The van der Waals surface area contributed by atoms with Gasteiger partial charge in [0, 0.05) is 12.0 Å². The number of thioether (sulfide) groups is 1. The van der Waals surface area contributed by atoms with Crippen LogP contribution < -0.4 is 0 Å². The van der Waals surface area contributed by atoms with Crippen molar-refractivity contribution in [3.63, 3.8) is 0 Å². The van der Waals surface area contributed by atoms with Crippen LogP contribution >= 0.6 is 11.8 Å². The summed E-state index contributed by atoms with van der Waals surface area (Å²) >= 11 is 2.01. The number of ketones is 1. The van der Waals surface area contributed by atoms with Crippen LogP contribution in [-0.4, -0.2) is 17.3 Å². The lowest BCUT2D eigenvalue weighted by Crippen LogP contribution is -2.14. The fraction of sp³-hybridized carbons (Fsp3) is 0.500. The van der Waals surface area contributed by atoms with Crippen molar-refractivity contribution in [2.45, 2.75) is 26.2 Å². The second-order valence-corrected chi connectivity index (χ2v) is 5.77. The van der Waals surface area contributed by atoms with Crippen LogP contribution in [0.3, 0.4) is 0 Å². The molecule has 1 aromatic rings. The minimum absolute atomic E-state index is 0.317. The van der Waals surface area contributed by atoms with Gasteiger partial charge in [-0.1, -0.05) is 29.8 Å². The van der Waals surface area contributed by atoms with Gasteiger partial charge < -0.3 is 0 Å². The van der Waals surface area contributed by atoms with E-state index >= 15 is 0 Å². The van der Waals surface area contributed by atoms with Crippen LogP contribution in [0.2, 0.25) is 0 Å². The van der Waals surface area contributed by atoms with Crippen molar-refractivity contribution < 1.29 is 4.79 Å². The smallest absolute Gasteiger partial charge is 0.163 e. The second-order valence-electron chi connectivity index (χ2n) is 4.55. The van der Waals surface area contributed by atoms with Gasteiger partial charge in [-0.15, -0.1) is 0 Å². The van der Waals surface area contributed by atoms with E-state index in [1.54, 1.807) is 0 Å². The first-order valence-electron chi connectivity index (χ1n) is 5.93. The first-order chi connectivity index (χ1) is 7.75. The molecular formula is C14H18OS. The largest absolute Gasteiger partial charge is 0.294 e. The van der Waals surface area contributed by atoms with Crippen molar-refractivity contribution in [1.29, 1.82) is 0 Å². The van der Waals surface area contributed by atoms with Gasteiger partial charge in [-0.3, -0.25) is 4.79 Å². The Bertz CT molecular complexity index is 350. The maximum Gasteiger partial charge on any atom is 0.163 e. The number of aryl methyl sites for hydroxylation is 1. The normalized spacial score (nSPS) is 17.3. The van der Waals surface area contributed by atoms with E-state index in [0.717, 1.165) is 12.0 Å². The van der Waals surface area contributed by atoms with Gasteiger partial charge in [-0.05, 0) is 37.2 Å². The number of carbonyl (C=O) groups excluding carboxylic acids is 1. The van der Waals surface area contributed by atoms with E-state index in [2.05, 4.69) is 0 Å². The van der Waals surface area contributed by atoms with Crippen molar-refractivity contribution in [2.75, 3.05) is 11.5 Å². The zero-order chi connectivity index (χ0) is 11.4. The van der Waals surface area contributed by atoms with E-state index in [9.17, 15) is 4.79 Å². The lowest BCUT2D eigenvalue weighted by atomic mass is 9.93. The highest BCUT2D eigenvalue weighted by Crippen LogP contribution is 2.26. The van der Waals surface area contributed by atoms with E-state index in [0.29, 0.717) is 11.7 Å². The lowest BCUT2D eigenvalue weighted by Gasteiger charge is -2.20. The molecule has 86 valence electrons. The van der Waals surface area contributed by atoms with Crippen LogP contribution in [0.1, 0.15) is 35.2 Å². The Hall–Kier alpha value is -0.760. The highest BCUT2D eigenvalue weighted by molar-refractivity contribution is 7.99. The topological polar surface area (TPSA) is 17.1 Å². The van der Waals surface area contributed by atoms with Gasteiger partial charge in [0.25, 0.3) is 0 Å². The molecule has 0 N–H and O–H groups in total. The predicted molar refractivity (Wildman–Crippen MR) is 70.2 cm³/mol. The number of Topliss-reactive ketones (excluding diaryl/α,β-unsaturated/α-hetero) is 1. The van der Waals surface area contributed by atoms with Crippen LogP contribution in [0.25, 0.3) is 0 Å². The summed E-state index contributed by atoms with van der Waals surface area (Å²) in [5.74, 6) is 3.39. The molecule has 2 heteroatoms. The van der Waals surface area contributed by atoms with Crippen molar-refractivity contribution in [1.82, 2.24) is 0 Å². The number of hydrogen-bond acceptors (Lipinski definition) is 2. The Morgan fingerprint density at radius 2 is 1.88 bits per heavy atom. The third kappa shape index (κ3) is 3.11.